The molecule has 3 heterocycles. The molecule has 0 radical (unpaired) electrons. The lowest BCUT2D eigenvalue weighted by atomic mass is 10.1. The van der Waals surface area contributed by atoms with Gasteiger partial charge in [-0.2, -0.15) is 5.26 Å². The lowest BCUT2D eigenvalue weighted by Gasteiger charge is -2.17. The Kier molecular flexibility index (Phi) is 6.24. The van der Waals surface area contributed by atoms with Gasteiger partial charge >= 0.3 is 0 Å². The predicted molar refractivity (Wildman–Crippen MR) is 117 cm³/mol. The molecule has 4 rings (SSSR count). The first-order valence-electron chi connectivity index (χ1n) is 10.2. The maximum atomic E-state index is 11.6. The molecule has 9 heteroatoms. The van der Waals surface area contributed by atoms with Crippen molar-refractivity contribution in [1.82, 2.24) is 19.9 Å². The number of amides is 1. The predicted octanol–water partition coefficient (Wildman–Crippen LogP) is 2.43. The Labute approximate surface area is 185 Å². The lowest BCUT2D eigenvalue weighted by Crippen LogP contribution is -2.32. The fourth-order valence-electron chi connectivity index (χ4n) is 3.46. The molecule has 1 aliphatic heterocycles. The number of nitrogens with zero attached hydrogens (tertiary/aromatic N) is 5. The number of ether oxygens (including phenoxy) is 1. The molecule has 162 valence electrons. The van der Waals surface area contributed by atoms with Crippen LogP contribution in [0.25, 0.3) is 11.3 Å². The Morgan fingerprint density at radius 2 is 2.19 bits per heavy atom. The summed E-state index contributed by atoms with van der Waals surface area (Å²) in [6.07, 6.45) is 3.78. The van der Waals surface area contributed by atoms with Gasteiger partial charge in [0.25, 0.3) is 0 Å². The number of nitriles is 1. The third-order valence-electron chi connectivity index (χ3n) is 5.15. The molecule has 0 saturated carbocycles. The van der Waals surface area contributed by atoms with Gasteiger partial charge in [-0.05, 0) is 43.3 Å². The number of nitrogens with one attached hydrogen (secondary N) is 1. The topological polar surface area (TPSA) is 124 Å². The van der Waals surface area contributed by atoms with Crippen LogP contribution >= 0.6 is 0 Å². The van der Waals surface area contributed by atoms with Crippen LogP contribution in [0.3, 0.4) is 0 Å². The van der Waals surface area contributed by atoms with Crippen LogP contribution in [0, 0.1) is 18.3 Å². The maximum absolute atomic E-state index is 11.6. The van der Waals surface area contributed by atoms with Gasteiger partial charge in [-0.3, -0.25) is 9.78 Å². The van der Waals surface area contributed by atoms with Crippen LogP contribution in [-0.2, 0) is 4.79 Å². The summed E-state index contributed by atoms with van der Waals surface area (Å²) in [5.41, 5.74) is 3.49. The highest BCUT2D eigenvalue weighted by atomic mass is 16.5. The summed E-state index contributed by atoms with van der Waals surface area (Å²) >= 11 is 0. The molecule has 1 saturated heterocycles. The molecule has 3 aromatic rings. The number of carbonyl (C=O) groups excluding carboxylic acids is 1. The van der Waals surface area contributed by atoms with Crippen LogP contribution in [0.15, 0.2) is 48.8 Å². The maximum Gasteiger partial charge on any atom is 0.248 e. The van der Waals surface area contributed by atoms with Gasteiger partial charge in [-0.15, -0.1) is 0 Å². The van der Waals surface area contributed by atoms with Crippen molar-refractivity contribution < 1.29 is 14.6 Å². The Morgan fingerprint density at radius 1 is 1.31 bits per heavy atom. The SMILES string of the molecule is Cc1ccc(Nc2nccc(-c3ccc(O[C@@H]4CCN(C(=O)CO)C4)c(C#N)c3)n2)cn1. The second kappa shape index (κ2) is 9.41. The van der Waals surface area contributed by atoms with E-state index in [4.69, 9.17) is 9.84 Å². The molecule has 1 atom stereocenters. The van der Waals surface area contributed by atoms with Gasteiger partial charge in [0.2, 0.25) is 11.9 Å². The van der Waals surface area contributed by atoms with Crippen molar-refractivity contribution in [2.24, 2.45) is 0 Å². The molecular formula is C23H22N6O3. The third-order valence-corrected chi connectivity index (χ3v) is 5.15. The van der Waals surface area contributed by atoms with Crippen LogP contribution in [0.1, 0.15) is 17.7 Å². The van der Waals surface area contributed by atoms with Gasteiger partial charge in [0.1, 0.15) is 24.5 Å². The second-order valence-electron chi connectivity index (χ2n) is 7.43. The van der Waals surface area contributed by atoms with Gasteiger partial charge in [0.15, 0.2) is 0 Å². The monoisotopic (exact) mass is 430 g/mol. The fourth-order valence-corrected chi connectivity index (χ4v) is 3.46. The molecule has 1 fully saturated rings. The molecule has 1 aromatic carbocycles. The van der Waals surface area contributed by atoms with Crippen molar-refractivity contribution in [2.45, 2.75) is 19.4 Å². The molecule has 0 aliphatic carbocycles. The van der Waals surface area contributed by atoms with Crippen LogP contribution in [-0.4, -0.2) is 56.7 Å². The molecule has 2 N–H and O–H groups in total. The molecular weight excluding hydrogens is 408 g/mol. The number of pyridine rings is 1. The van der Waals surface area contributed by atoms with E-state index >= 15 is 0 Å². The Bertz CT molecular complexity index is 1160. The minimum absolute atomic E-state index is 0.221. The first kappa shape index (κ1) is 21.2. The van der Waals surface area contributed by atoms with Gasteiger partial charge in [0, 0.05) is 30.4 Å². The molecule has 9 nitrogen and oxygen atoms in total. The van der Waals surface area contributed by atoms with E-state index in [1.807, 2.05) is 25.1 Å². The highest BCUT2D eigenvalue weighted by Gasteiger charge is 2.27. The molecule has 0 unspecified atom stereocenters. The smallest absolute Gasteiger partial charge is 0.248 e. The van der Waals surface area contributed by atoms with Crippen molar-refractivity contribution >= 4 is 17.5 Å². The zero-order chi connectivity index (χ0) is 22.5. The number of benzene rings is 1. The summed E-state index contributed by atoms with van der Waals surface area (Å²) in [4.78, 5) is 26.2. The minimum Gasteiger partial charge on any atom is -0.487 e. The lowest BCUT2D eigenvalue weighted by molar-refractivity contribution is -0.133. The number of aryl methyl sites for hydroxylation is 1. The van der Waals surface area contributed by atoms with Crippen molar-refractivity contribution in [2.75, 3.05) is 25.0 Å². The van der Waals surface area contributed by atoms with E-state index in [-0.39, 0.29) is 12.0 Å². The molecule has 0 bridgehead atoms. The quantitative estimate of drug-likeness (QED) is 0.611. The highest BCUT2D eigenvalue weighted by molar-refractivity contribution is 5.77. The second-order valence-corrected chi connectivity index (χ2v) is 7.43. The Hall–Kier alpha value is -4.03. The number of hydrogen-bond acceptors (Lipinski definition) is 8. The molecule has 1 aliphatic rings. The van der Waals surface area contributed by atoms with Crippen LogP contribution in [0.2, 0.25) is 0 Å². The number of rotatable bonds is 6. The zero-order valence-corrected chi connectivity index (χ0v) is 17.5. The van der Waals surface area contributed by atoms with Crippen molar-refractivity contribution in [1.29, 1.82) is 5.26 Å². The van der Waals surface area contributed by atoms with Gasteiger partial charge < -0.3 is 20.1 Å². The van der Waals surface area contributed by atoms with E-state index in [0.29, 0.717) is 42.5 Å². The van der Waals surface area contributed by atoms with Crippen LogP contribution < -0.4 is 10.1 Å². The fraction of sp³-hybridized carbons (Fsp3) is 0.261. The third kappa shape index (κ3) is 4.82. The van der Waals surface area contributed by atoms with Crippen LogP contribution in [0.5, 0.6) is 5.75 Å². The first-order chi connectivity index (χ1) is 15.6. The number of aliphatic hydroxyl groups is 1. The summed E-state index contributed by atoms with van der Waals surface area (Å²) in [5.74, 6) is 0.561. The van der Waals surface area contributed by atoms with Crippen molar-refractivity contribution in [3.8, 4) is 23.1 Å². The van der Waals surface area contributed by atoms with Gasteiger partial charge in [-0.1, -0.05) is 0 Å². The molecule has 1 amide bonds. The Morgan fingerprint density at radius 3 is 2.94 bits per heavy atom. The summed E-state index contributed by atoms with van der Waals surface area (Å²) in [5, 5.41) is 21.8. The van der Waals surface area contributed by atoms with E-state index in [0.717, 1.165) is 16.9 Å². The van der Waals surface area contributed by atoms with Gasteiger partial charge in [-0.25, -0.2) is 9.97 Å². The Balaban J connectivity index is 1.50. The average Bonchev–Trinajstić information content (AvgIpc) is 3.29. The van der Waals surface area contributed by atoms with E-state index < -0.39 is 6.61 Å². The van der Waals surface area contributed by atoms with E-state index in [9.17, 15) is 10.1 Å². The first-order valence-corrected chi connectivity index (χ1v) is 10.2. The minimum atomic E-state index is -0.513. The highest BCUT2D eigenvalue weighted by Crippen LogP contribution is 2.28. The summed E-state index contributed by atoms with van der Waals surface area (Å²) in [6.45, 7) is 2.32. The van der Waals surface area contributed by atoms with Crippen LogP contribution in [0.4, 0.5) is 11.6 Å². The number of hydrogen-bond donors (Lipinski definition) is 2. The largest absolute Gasteiger partial charge is 0.487 e. The zero-order valence-electron chi connectivity index (χ0n) is 17.5. The van der Waals surface area contributed by atoms with E-state index in [1.165, 1.54) is 0 Å². The molecule has 32 heavy (non-hydrogen) atoms. The van der Waals surface area contributed by atoms with E-state index in [2.05, 4.69) is 26.3 Å². The van der Waals surface area contributed by atoms with Crippen molar-refractivity contribution in [3.63, 3.8) is 0 Å². The molecule has 0 spiro atoms. The number of likely N-dealkylation sites (tertiary alicyclic amines) is 1. The van der Waals surface area contributed by atoms with Crippen molar-refractivity contribution in [3.05, 3.63) is 60.0 Å². The van der Waals surface area contributed by atoms with Gasteiger partial charge in [0.05, 0.1) is 29.7 Å². The average molecular weight is 430 g/mol. The number of carbonyl (C=O) groups is 1. The number of aromatic nitrogens is 3. The molecule has 2 aromatic heterocycles. The number of anilines is 2. The number of aliphatic hydroxyl groups excluding tert-OH is 1. The van der Waals surface area contributed by atoms with E-state index in [1.54, 1.807) is 35.5 Å². The normalized spacial score (nSPS) is 15.3. The summed E-state index contributed by atoms with van der Waals surface area (Å²) < 4.78 is 5.98. The summed E-state index contributed by atoms with van der Waals surface area (Å²) in [6, 6.07) is 13.0. The standard InChI is InChI=1S/C23H22N6O3/c1-15-2-4-18(12-26-15)27-23-25-8-6-20(28-23)16-3-5-21(17(10-16)11-24)32-19-7-9-29(13-19)22(31)14-30/h2-6,8,10,12,19,30H,7,9,13-14H2,1H3,(H,25,27,28)/t19-/m1/s1. The summed E-state index contributed by atoms with van der Waals surface area (Å²) in [7, 11) is 0.